The van der Waals surface area contributed by atoms with Crippen LogP contribution in [0.4, 0.5) is 0 Å². The third kappa shape index (κ3) is 4.63. The Labute approximate surface area is 178 Å². The monoisotopic (exact) mass is 419 g/mol. The molecule has 0 bridgehead atoms. The number of fused-ring (bicyclic) bond motifs is 1. The molecule has 4 rings (SSSR count). The largest absolute Gasteiger partial charge is 0.489 e. The summed E-state index contributed by atoms with van der Waals surface area (Å²) in [6.07, 6.45) is 0. The first-order chi connectivity index (χ1) is 14.1. The van der Waals surface area contributed by atoms with Crippen LogP contribution in [0.2, 0.25) is 10.0 Å². The number of hydrogen-bond donors (Lipinski definition) is 0. The highest BCUT2D eigenvalue weighted by molar-refractivity contribution is 6.32. The van der Waals surface area contributed by atoms with Gasteiger partial charge in [0.1, 0.15) is 23.9 Å². The predicted octanol–water partition coefficient (Wildman–Crippen LogP) is 7.39. The number of halogens is 2. The lowest BCUT2D eigenvalue weighted by atomic mass is 10.1. The Hall–Kier alpha value is -3.19. The summed E-state index contributed by atoms with van der Waals surface area (Å²) in [6.45, 7) is 0.418. The highest BCUT2D eigenvalue weighted by atomic mass is 35.5. The van der Waals surface area contributed by atoms with Crippen LogP contribution in [0.1, 0.15) is 11.1 Å². The summed E-state index contributed by atoms with van der Waals surface area (Å²) in [6, 6.07) is 26.5. The molecule has 0 N–H and O–H groups in total. The van der Waals surface area contributed by atoms with Crippen LogP contribution < -0.4 is 9.47 Å². The molecule has 0 saturated heterocycles. The van der Waals surface area contributed by atoms with Crippen LogP contribution in [0.5, 0.6) is 17.2 Å². The van der Waals surface area contributed by atoms with Gasteiger partial charge in [-0.25, -0.2) is 0 Å². The fourth-order valence-electron chi connectivity index (χ4n) is 2.96. The number of nitriles is 1. The van der Waals surface area contributed by atoms with E-state index in [9.17, 15) is 0 Å². The van der Waals surface area contributed by atoms with Gasteiger partial charge in [0.2, 0.25) is 0 Å². The van der Waals surface area contributed by atoms with Crippen LogP contribution in [-0.4, -0.2) is 0 Å². The molecule has 0 aliphatic rings. The molecule has 4 aromatic rings. The van der Waals surface area contributed by atoms with Gasteiger partial charge in [0, 0.05) is 11.1 Å². The molecule has 0 unspecified atom stereocenters. The van der Waals surface area contributed by atoms with Crippen molar-refractivity contribution in [3.63, 3.8) is 0 Å². The Morgan fingerprint density at radius 1 is 0.793 bits per heavy atom. The zero-order valence-electron chi connectivity index (χ0n) is 15.2. The van der Waals surface area contributed by atoms with Crippen molar-refractivity contribution in [1.29, 1.82) is 5.26 Å². The lowest BCUT2D eigenvalue weighted by molar-refractivity contribution is 0.305. The Morgan fingerprint density at radius 2 is 1.62 bits per heavy atom. The van der Waals surface area contributed by atoms with Crippen molar-refractivity contribution in [3.05, 3.63) is 100 Å². The number of ether oxygens (including phenoxy) is 2. The van der Waals surface area contributed by atoms with Crippen LogP contribution in [0.25, 0.3) is 10.8 Å². The van der Waals surface area contributed by atoms with Crippen molar-refractivity contribution in [1.82, 2.24) is 0 Å². The quantitative estimate of drug-likeness (QED) is 0.338. The van der Waals surface area contributed by atoms with E-state index in [0.717, 1.165) is 5.56 Å². The summed E-state index contributed by atoms with van der Waals surface area (Å²) >= 11 is 12.3. The van der Waals surface area contributed by atoms with Crippen LogP contribution in [0.3, 0.4) is 0 Å². The Balaban J connectivity index is 1.52. The zero-order valence-corrected chi connectivity index (χ0v) is 16.7. The van der Waals surface area contributed by atoms with Crippen molar-refractivity contribution in [2.45, 2.75) is 6.61 Å². The maximum atomic E-state index is 9.09. The second-order valence-corrected chi connectivity index (χ2v) is 7.30. The number of benzene rings is 4. The standard InChI is InChI=1S/C24H15Cl2NO2/c25-20-10-17(14-27)11-22(12-20)29-24-13-21(7-8-23(24)26)28-15-16-5-6-18-3-1-2-4-19(18)9-16/h1-13H,15H2. The van der Waals surface area contributed by atoms with Crippen LogP contribution in [0, 0.1) is 11.3 Å². The first-order valence-electron chi connectivity index (χ1n) is 8.89. The van der Waals surface area contributed by atoms with Crippen LogP contribution in [0.15, 0.2) is 78.9 Å². The van der Waals surface area contributed by atoms with Gasteiger partial charge in [0.05, 0.1) is 16.7 Å². The van der Waals surface area contributed by atoms with Crippen molar-refractivity contribution in [3.8, 4) is 23.3 Å². The van der Waals surface area contributed by atoms with E-state index in [1.165, 1.54) is 10.8 Å². The molecule has 0 saturated carbocycles. The molecule has 0 amide bonds. The Bertz CT molecular complexity index is 1230. The van der Waals surface area contributed by atoms with Gasteiger partial charge >= 0.3 is 0 Å². The van der Waals surface area contributed by atoms with Crippen molar-refractivity contribution in [2.24, 2.45) is 0 Å². The maximum Gasteiger partial charge on any atom is 0.149 e. The molecule has 0 radical (unpaired) electrons. The molecular formula is C24H15Cl2NO2. The van der Waals surface area contributed by atoms with Crippen LogP contribution in [-0.2, 0) is 6.61 Å². The highest BCUT2D eigenvalue weighted by Gasteiger charge is 2.08. The number of rotatable bonds is 5. The predicted molar refractivity (Wildman–Crippen MR) is 116 cm³/mol. The molecule has 0 aliphatic heterocycles. The molecule has 0 spiro atoms. The van der Waals surface area contributed by atoms with E-state index in [0.29, 0.717) is 39.5 Å². The smallest absolute Gasteiger partial charge is 0.149 e. The maximum absolute atomic E-state index is 9.09. The van der Waals surface area contributed by atoms with E-state index < -0.39 is 0 Å². The molecule has 5 heteroatoms. The van der Waals surface area contributed by atoms with E-state index in [1.54, 1.807) is 36.4 Å². The lowest BCUT2D eigenvalue weighted by Crippen LogP contribution is -1.96. The van der Waals surface area contributed by atoms with Gasteiger partial charge in [-0.2, -0.15) is 5.26 Å². The topological polar surface area (TPSA) is 42.2 Å². The molecule has 0 aliphatic carbocycles. The van der Waals surface area contributed by atoms with Crippen molar-refractivity contribution < 1.29 is 9.47 Å². The molecule has 0 heterocycles. The minimum atomic E-state index is 0.410. The minimum absolute atomic E-state index is 0.410. The first kappa shape index (κ1) is 19.1. The Kier molecular flexibility index (Phi) is 5.57. The van der Waals surface area contributed by atoms with Gasteiger partial charge in [0.15, 0.2) is 0 Å². The summed E-state index contributed by atoms with van der Waals surface area (Å²) < 4.78 is 11.8. The zero-order chi connectivity index (χ0) is 20.2. The third-order valence-electron chi connectivity index (χ3n) is 4.35. The molecule has 0 atom stereocenters. The summed E-state index contributed by atoms with van der Waals surface area (Å²) in [5, 5.41) is 12.3. The molecule has 29 heavy (non-hydrogen) atoms. The average Bonchev–Trinajstić information content (AvgIpc) is 2.73. The summed E-state index contributed by atoms with van der Waals surface area (Å²) in [4.78, 5) is 0. The van der Waals surface area contributed by atoms with Gasteiger partial charge < -0.3 is 9.47 Å². The van der Waals surface area contributed by atoms with E-state index in [2.05, 4.69) is 24.3 Å². The fourth-order valence-corrected chi connectivity index (χ4v) is 3.34. The number of hydrogen-bond acceptors (Lipinski definition) is 3. The van der Waals surface area contributed by atoms with Gasteiger partial charge in [-0.3, -0.25) is 0 Å². The van der Waals surface area contributed by atoms with E-state index in [1.807, 2.05) is 24.3 Å². The van der Waals surface area contributed by atoms with Gasteiger partial charge in [-0.05, 0) is 52.7 Å². The summed E-state index contributed by atoms with van der Waals surface area (Å²) in [7, 11) is 0. The summed E-state index contributed by atoms with van der Waals surface area (Å²) in [5.41, 5.74) is 1.47. The van der Waals surface area contributed by atoms with Crippen molar-refractivity contribution in [2.75, 3.05) is 0 Å². The molecule has 4 aromatic carbocycles. The third-order valence-corrected chi connectivity index (χ3v) is 4.88. The molecule has 142 valence electrons. The van der Waals surface area contributed by atoms with E-state index in [-0.39, 0.29) is 0 Å². The number of nitrogens with zero attached hydrogens (tertiary/aromatic N) is 1. The minimum Gasteiger partial charge on any atom is -0.489 e. The molecule has 0 aromatic heterocycles. The molecular weight excluding hydrogens is 405 g/mol. The lowest BCUT2D eigenvalue weighted by Gasteiger charge is -2.12. The highest BCUT2D eigenvalue weighted by Crippen LogP contribution is 2.34. The van der Waals surface area contributed by atoms with E-state index >= 15 is 0 Å². The molecule has 3 nitrogen and oxygen atoms in total. The SMILES string of the molecule is N#Cc1cc(Cl)cc(Oc2cc(OCc3ccc4ccccc4c3)ccc2Cl)c1. The average molecular weight is 420 g/mol. The fraction of sp³-hybridized carbons (Fsp3) is 0.0417. The van der Waals surface area contributed by atoms with Crippen LogP contribution >= 0.6 is 23.2 Å². The normalized spacial score (nSPS) is 10.5. The van der Waals surface area contributed by atoms with Gasteiger partial charge in [-0.15, -0.1) is 0 Å². The van der Waals surface area contributed by atoms with Crippen molar-refractivity contribution >= 4 is 34.0 Å². The summed E-state index contributed by atoms with van der Waals surface area (Å²) in [5.74, 6) is 1.48. The second-order valence-electron chi connectivity index (χ2n) is 6.45. The van der Waals surface area contributed by atoms with Gasteiger partial charge in [0.25, 0.3) is 0 Å². The van der Waals surface area contributed by atoms with Gasteiger partial charge in [-0.1, -0.05) is 59.6 Å². The first-order valence-corrected chi connectivity index (χ1v) is 9.65. The van der Waals surface area contributed by atoms with E-state index in [4.69, 9.17) is 37.9 Å². The second kappa shape index (κ2) is 8.45. The molecule has 0 fully saturated rings. The Morgan fingerprint density at radius 3 is 2.45 bits per heavy atom.